The Hall–Kier alpha value is -1.45. The fourth-order valence-corrected chi connectivity index (χ4v) is 1.99. The second kappa shape index (κ2) is 5.05. The van der Waals surface area contributed by atoms with Gasteiger partial charge in [0.15, 0.2) is 0 Å². The van der Waals surface area contributed by atoms with Crippen molar-refractivity contribution in [3.63, 3.8) is 0 Å². The average molecular weight is 293 g/mol. The molecule has 0 saturated carbocycles. The fourth-order valence-electron chi connectivity index (χ4n) is 1.00. The van der Waals surface area contributed by atoms with Gasteiger partial charge in [0.25, 0.3) is 0 Å². The highest BCUT2D eigenvalue weighted by Gasteiger charge is 2.06. The smallest absolute Gasteiger partial charge is 0.143 e. The van der Waals surface area contributed by atoms with Crippen molar-refractivity contribution in [2.45, 2.75) is 10.1 Å². The number of nitriles is 1. The summed E-state index contributed by atoms with van der Waals surface area (Å²) in [4.78, 5) is 4.19. The van der Waals surface area contributed by atoms with Gasteiger partial charge in [-0.05, 0) is 45.9 Å². The molecule has 0 N–H and O–H groups in total. The number of halogens is 1. The second-order valence-corrected chi connectivity index (χ2v) is 4.70. The number of nitrogens with zero attached hydrogens (tertiary/aromatic N) is 4. The summed E-state index contributed by atoms with van der Waals surface area (Å²) in [6.45, 7) is 0. The van der Waals surface area contributed by atoms with Gasteiger partial charge < -0.3 is 0 Å². The van der Waals surface area contributed by atoms with E-state index in [1.165, 1.54) is 18.0 Å². The fraction of sp³-hybridized carbons (Fsp3) is 0. The van der Waals surface area contributed by atoms with Gasteiger partial charge in [-0.25, -0.2) is 4.98 Å². The van der Waals surface area contributed by atoms with Crippen molar-refractivity contribution in [2.24, 2.45) is 0 Å². The maximum Gasteiger partial charge on any atom is 0.143 e. The van der Waals surface area contributed by atoms with E-state index in [-0.39, 0.29) is 0 Å². The van der Waals surface area contributed by atoms with Crippen molar-refractivity contribution < 1.29 is 0 Å². The molecule has 6 heteroatoms. The van der Waals surface area contributed by atoms with Crippen molar-refractivity contribution in [1.82, 2.24) is 15.2 Å². The molecule has 0 aliphatic rings. The van der Waals surface area contributed by atoms with Gasteiger partial charge in [0, 0.05) is 10.7 Å². The van der Waals surface area contributed by atoms with Crippen molar-refractivity contribution in [2.75, 3.05) is 0 Å². The molecule has 2 aromatic rings. The Morgan fingerprint density at radius 3 is 2.88 bits per heavy atom. The minimum atomic E-state index is 0.504. The molecule has 0 aliphatic carbocycles. The van der Waals surface area contributed by atoms with Gasteiger partial charge in [0.05, 0.1) is 11.8 Å². The number of hydrogen-bond donors (Lipinski definition) is 0. The summed E-state index contributed by atoms with van der Waals surface area (Å²) in [6, 6.07) is 7.44. The van der Waals surface area contributed by atoms with E-state index in [2.05, 4.69) is 37.2 Å². The van der Waals surface area contributed by atoms with Crippen LogP contribution in [-0.2, 0) is 0 Å². The van der Waals surface area contributed by atoms with Gasteiger partial charge in [0.1, 0.15) is 16.1 Å². The third-order valence-electron chi connectivity index (χ3n) is 1.71. The van der Waals surface area contributed by atoms with E-state index in [1.807, 2.05) is 12.1 Å². The first-order valence-corrected chi connectivity index (χ1v) is 5.92. The number of aromatic nitrogens is 3. The zero-order chi connectivity index (χ0) is 11.4. The molecule has 0 aliphatic heterocycles. The van der Waals surface area contributed by atoms with Crippen LogP contribution in [0.25, 0.3) is 0 Å². The summed E-state index contributed by atoms with van der Waals surface area (Å²) >= 11 is 4.63. The van der Waals surface area contributed by atoms with Crippen LogP contribution in [0.1, 0.15) is 5.56 Å². The van der Waals surface area contributed by atoms with Crippen molar-refractivity contribution in [3.05, 3.63) is 40.6 Å². The summed E-state index contributed by atoms with van der Waals surface area (Å²) in [5.74, 6) is 0. The normalized spacial score (nSPS) is 9.75. The Bertz CT molecular complexity index is 535. The molecule has 2 rings (SSSR count). The SMILES string of the molecule is N#Cc1ccnnc1Sc1ccc(Br)cn1. The molecule has 2 aromatic heterocycles. The number of rotatable bonds is 2. The highest BCUT2D eigenvalue weighted by molar-refractivity contribution is 9.10. The molecule has 2 heterocycles. The lowest BCUT2D eigenvalue weighted by Crippen LogP contribution is -1.89. The van der Waals surface area contributed by atoms with E-state index in [0.717, 1.165) is 9.50 Å². The Morgan fingerprint density at radius 2 is 2.19 bits per heavy atom. The molecule has 0 amide bonds. The molecule has 0 spiro atoms. The number of pyridine rings is 1. The van der Waals surface area contributed by atoms with Gasteiger partial charge in [-0.2, -0.15) is 10.4 Å². The summed E-state index contributed by atoms with van der Waals surface area (Å²) < 4.78 is 0.913. The maximum absolute atomic E-state index is 8.88. The standard InChI is InChI=1S/C10H5BrN4S/c11-8-1-2-9(13-6-8)16-10-7(5-12)3-4-14-15-10/h1-4,6H. The molecule has 0 atom stereocenters. The van der Waals surface area contributed by atoms with Crippen molar-refractivity contribution >= 4 is 27.7 Å². The van der Waals surface area contributed by atoms with Gasteiger partial charge >= 0.3 is 0 Å². The van der Waals surface area contributed by atoms with Crippen LogP contribution in [0, 0.1) is 11.3 Å². The van der Waals surface area contributed by atoms with E-state index in [1.54, 1.807) is 12.3 Å². The summed E-state index contributed by atoms with van der Waals surface area (Å²) in [5.41, 5.74) is 0.504. The van der Waals surface area contributed by atoms with Crippen LogP contribution in [0.3, 0.4) is 0 Å². The molecular formula is C10H5BrN4S. The largest absolute Gasteiger partial charge is 0.248 e. The van der Waals surface area contributed by atoms with Crippen LogP contribution in [0.2, 0.25) is 0 Å². The van der Waals surface area contributed by atoms with Gasteiger partial charge in [-0.3, -0.25) is 0 Å². The average Bonchev–Trinajstić information content (AvgIpc) is 2.33. The van der Waals surface area contributed by atoms with Crippen LogP contribution in [0.5, 0.6) is 0 Å². The highest BCUT2D eigenvalue weighted by Crippen LogP contribution is 2.26. The third-order valence-corrected chi connectivity index (χ3v) is 3.12. The highest BCUT2D eigenvalue weighted by atomic mass is 79.9. The van der Waals surface area contributed by atoms with Crippen LogP contribution < -0.4 is 0 Å². The zero-order valence-electron chi connectivity index (χ0n) is 7.96. The zero-order valence-corrected chi connectivity index (χ0v) is 10.4. The Balaban J connectivity index is 2.27. The molecular weight excluding hydrogens is 288 g/mol. The molecule has 78 valence electrons. The number of hydrogen-bond acceptors (Lipinski definition) is 5. The summed E-state index contributed by atoms with van der Waals surface area (Å²) in [5, 5.41) is 17.9. The minimum Gasteiger partial charge on any atom is -0.248 e. The van der Waals surface area contributed by atoms with E-state index < -0.39 is 0 Å². The lowest BCUT2D eigenvalue weighted by molar-refractivity contribution is 0.917. The van der Waals surface area contributed by atoms with Crippen LogP contribution in [0.15, 0.2) is 45.1 Å². The van der Waals surface area contributed by atoms with Crippen molar-refractivity contribution in [1.29, 1.82) is 5.26 Å². The van der Waals surface area contributed by atoms with E-state index in [9.17, 15) is 0 Å². The molecule has 0 unspecified atom stereocenters. The van der Waals surface area contributed by atoms with Crippen LogP contribution >= 0.6 is 27.7 Å². The first kappa shape index (κ1) is 11.0. The Kier molecular flexibility index (Phi) is 3.49. The molecule has 0 bridgehead atoms. The van der Waals surface area contributed by atoms with Gasteiger partial charge in [0.2, 0.25) is 0 Å². The van der Waals surface area contributed by atoms with E-state index in [0.29, 0.717) is 10.6 Å². The van der Waals surface area contributed by atoms with Gasteiger partial charge in [-0.1, -0.05) is 0 Å². The maximum atomic E-state index is 8.88. The van der Waals surface area contributed by atoms with Crippen LogP contribution in [0.4, 0.5) is 0 Å². The molecule has 0 saturated heterocycles. The minimum absolute atomic E-state index is 0.504. The predicted molar refractivity (Wildman–Crippen MR) is 62.8 cm³/mol. The summed E-state index contributed by atoms with van der Waals surface area (Å²) in [6.07, 6.45) is 3.20. The van der Waals surface area contributed by atoms with E-state index >= 15 is 0 Å². The monoisotopic (exact) mass is 292 g/mol. The van der Waals surface area contributed by atoms with Crippen LogP contribution in [-0.4, -0.2) is 15.2 Å². The molecule has 0 radical (unpaired) electrons. The summed E-state index contributed by atoms with van der Waals surface area (Å²) in [7, 11) is 0. The first-order chi connectivity index (χ1) is 7.79. The third kappa shape index (κ3) is 2.56. The molecule has 0 aromatic carbocycles. The molecule has 0 fully saturated rings. The van der Waals surface area contributed by atoms with Crippen molar-refractivity contribution in [3.8, 4) is 6.07 Å². The first-order valence-electron chi connectivity index (χ1n) is 4.31. The Morgan fingerprint density at radius 1 is 1.31 bits per heavy atom. The molecule has 4 nitrogen and oxygen atoms in total. The lowest BCUT2D eigenvalue weighted by atomic mass is 10.3. The van der Waals surface area contributed by atoms with E-state index in [4.69, 9.17) is 5.26 Å². The Labute approximate surface area is 105 Å². The topological polar surface area (TPSA) is 62.5 Å². The quantitative estimate of drug-likeness (QED) is 0.851. The lowest BCUT2D eigenvalue weighted by Gasteiger charge is -2.00. The second-order valence-electron chi connectivity index (χ2n) is 2.78. The predicted octanol–water partition coefficient (Wildman–Crippen LogP) is 2.66. The van der Waals surface area contributed by atoms with Gasteiger partial charge in [-0.15, -0.1) is 5.10 Å². The molecule has 16 heavy (non-hydrogen) atoms.